The van der Waals surface area contributed by atoms with E-state index < -0.39 is 0 Å². The molecule has 0 saturated heterocycles. The number of aromatic nitrogens is 2. The fraction of sp³-hybridized carbons (Fsp3) is 0.182. The molecule has 0 fully saturated rings. The number of fused-ring (bicyclic) bond motifs is 7. The minimum Gasteiger partial charge on any atom is -0.373 e. The van der Waals surface area contributed by atoms with E-state index in [1.807, 2.05) is 54.6 Å². The van der Waals surface area contributed by atoms with Gasteiger partial charge in [-0.2, -0.15) is 0 Å². The van der Waals surface area contributed by atoms with E-state index in [2.05, 4.69) is 27.4 Å². The number of hydrogen-bond donors (Lipinski definition) is 1. The minimum absolute atomic E-state index is 0.548. The van der Waals surface area contributed by atoms with Crippen molar-refractivity contribution in [3.63, 3.8) is 0 Å². The molecule has 136 valence electrons. The Kier molecular flexibility index (Phi) is 5.53. The Balaban J connectivity index is 1.66. The number of nitrogens with one attached hydrogen (secondary N) is 1. The van der Waals surface area contributed by atoms with E-state index >= 15 is 0 Å². The summed E-state index contributed by atoms with van der Waals surface area (Å²) in [4.78, 5) is 9.00. The highest BCUT2D eigenvalue weighted by Gasteiger charge is 2.05. The maximum atomic E-state index is 5.72. The van der Waals surface area contributed by atoms with Crippen molar-refractivity contribution in [2.45, 2.75) is 13.2 Å². The summed E-state index contributed by atoms with van der Waals surface area (Å²) in [5.41, 5.74) is 5.05. The number of nitrogens with zero attached hydrogens (tertiary/aromatic N) is 2. The molecule has 4 rings (SSSR count). The van der Waals surface area contributed by atoms with Crippen molar-refractivity contribution in [2.24, 2.45) is 0 Å². The monoisotopic (exact) mass is 359 g/mol. The second-order valence-electron chi connectivity index (χ2n) is 6.29. The van der Waals surface area contributed by atoms with E-state index in [1.165, 1.54) is 0 Å². The first-order valence-corrected chi connectivity index (χ1v) is 8.96. The molecule has 5 nitrogen and oxygen atoms in total. The number of hydrogen-bond acceptors (Lipinski definition) is 5. The highest BCUT2D eigenvalue weighted by molar-refractivity contribution is 5.62. The molecule has 2 aromatic carbocycles. The highest BCUT2D eigenvalue weighted by atomic mass is 16.5. The molecule has 0 saturated carbocycles. The van der Waals surface area contributed by atoms with E-state index in [9.17, 15) is 0 Å². The molecular formula is C22H21N3O2. The molecule has 0 unspecified atom stereocenters. The summed E-state index contributed by atoms with van der Waals surface area (Å²) < 4.78 is 11.4. The first-order valence-electron chi connectivity index (χ1n) is 8.96. The van der Waals surface area contributed by atoms with Gasteiger partial charge in [-0.3, -0.25) is 0 Å². The quantitative estimate of drug-likeness (QED) is 0.599. The molecule has 0 radical (unpaired) electrons. The van der Waals surface area contributed by atoms with Gasteiger partial charge in [0.15, 0.2) is 0 Å². The van der Waals surface area contributed by atoms with Crippen LogP contribution < -0.4 is 5.32 Å². The third kappa shape index (κ3) is 4.78. The second kappa shape index (κ2) is 8.58. The zero-order valence-corrected chi connectivity index (χ0v) is 15.0. The van der Waals surface area contributed by atoms with Gasteiger partial charge in [0, 0.05) is 17.4 Å². The van der Waals surface area contributed by atoms with Crippen LogP contribution in [0, 0.1) is 0 Å². The molecule has 1 aromatic heterocycles. The minimum atomic E-state index is 0.548. The van der Waals surface area contributed by atoms with Gasteiger partial charge in [0.25, 0.3) is 0 Å². The zero-order valence-electron chi connectivity index (χ0n) is 15.0. The Morgan fingerprint density at radius 3 is 2.37 bits per heavy atom. The summed E-state index contributed by atoms with van der Waals surface area (Å²) in [7, 11) is 0. The van der Waals surface area contributed by atoms with Crippen LogP contribution >= 0.6 is 0 Å². The molecule has 3 aromatic rings. The van der Waals surface area contributed by atoms with Gasteiger partial charge in [0.05, 0.1) is 32.1 Å². The zero-order chi connectivity index (χ0) is 18.3. The largest absolute Gasteiger partial charge is 0.373 e. The van der Waals surface area contributed by atoms with Crippen LogP contribution in [0.1, 0.15) is 11.1 Å². The molecule has 6 bridgehead atoms. The lowest BCUT2D eigenvalue weighted by molar-refractivity contribution is 0.140. The Morgan fingerprint density at radius 1 is 0.815 bits per heavy atom. The Labute approximate surface area is 158 Å². The third-order valence-corrected chi connectivity index (χ3v) is 4.19. The summed E-state index contributed by atoms with van der Waals surface area (Å²) in [6.07, 6.45) is 5.74. The lowest BCUT2D eigenvalue weighted by atomic mass is 10.1. The van der Waals surface area contributed by atoms with Gasteiger partial charge < -0.3 is 14.8 Å². The third-order valence-electron chi connectivity index (χ3n) is 4.19. The van der Waals surface area contributed by atoms with Crippen LogP contribution in [0.3, 0.4) is 0 Å². The molecule has 5 heteroatoms. The van der Waals surface area contributed by atoms with Crippen molar-refractivity contribution in [3.05, 3.63) is 84.1 Å². The Hall–Kier alpha value is -3.02. The van der Waals surface area contributed by atoms with Crippen LogP contribution in [0.2, 0.25) is 0 Å². The molecule has 27 heavy (non-hydrogen) atoms. The summed E-state index contributed by atoms with van der Waals surface area (Å²) in [6.45, 7) is 2.22. The van der Waals surface area contributed by atoms with Crippen molar-refractivity contribution in [1.82, 2.24) is 9.97 Å². The standard InChI is InChI=1S/C22H21N3O2/c1-2-12-27-16-18-6-4-8-20(14-18)24-22-23-10-9-21(25-22)19-7-3-5-17(13-19)15-26-11-1/h1-10,13-14H,11-12,15-16H2,(H,23,24,25). The number of benzene rings is 2. The van der Waals surface area contributed by atoms with Crippen molar-refractivity contribution >= 4 is 11.6 Å². The van der Waals surface area contributed by atoms with Gasteiger partial charge in [0.1, 0.15) is 0 Å². The topological polar surface area (TPSA) is 56.3 Å². The maximum absolute atomic E-state index is 5.72. The predicted molar refractivity (Wildman–Crippen MR) is 106 cm³/mol. The lowest BCUT2D eigenvalue weighted by Gasteiger charge is -2.10. The first-order chi connectivity index (χ1) is 13.4. The molecule has 0 atom stereocenters. The van der Waals surface area contributed by atoms with Gasteiger partial charge >= 0.3 is 0 Å². The van der Waals surface area contributed by atoms with Gasteiger partial charge in [-0.25, -0.2) is 9.97 Å². The first kappa shape index (κ1) is 17.4. The summed E-state index contributed by atoms with van der Waals surface area (Å²) in [5, 5.41) is 3.28. The number of ether oxygens (including phenoxy) is 2. The van der Waals surface area contributed by atoms with Crippen LogP contribution in [-0.4, -0.2) is 23.2 Å². The number of rotatable bonds is 0. The van der Waals surface area contributed by atoms with Crippen LogP contribution in [0.5, 0.6) is 0 Å². The molecular weight excluding hydrogens is 338 g/mol. The Bertz CT molecular complexity index is 940. The van der Waals surface area contributed by atoms with E-state index in [-0.39, 0.29) is 0 Å². The fourth-order valence-corrected chi connectivity index (χ4v) is 2.89. The van der Waals surface area contributed by atoms with E-state index in [0.29, 0.717) is 32.4 Å². The molecule has 0 spiro atoms. The molecule has 1 aliphatic rings. The maximum Gasteiger partial charge on any atom is 0.227 e. The van der Waals surface area contributed by atoms with Gasteiger partial charge in [-0.15, -0.1) is 0 Å². The molecule has 0 aliphatic carbocycles. The molecule has 2 heterocycles. The lowest BCUT2D eigenvalue weighted by Crippen LogP contribution is -2.00. The van der Waals surface area contributed by atoms with Crippen LogP contribution in [-0.2, 0) is 22.7 Å². The average molecular weight is 359 g/mol. The second-order valence-corrected chi connectivity index (χ2v) is 6.29. The molecule has 0 amide bonds. The fourth-order valence-electron chi connectivity index (χ4n) is 2.89. The van der Waals surface area contributed by atoms with E-state index in [1.54, 1.807) is 6.20 Å². The summed E-state index contributed by atoms with van der Waals surface area (Å²) >= 11 is 0. The van der Waals surface area contributed by atoms with Crippen LogP contribution in [0.15, 0.2) is 72.9 Å². The van der Waals surface area contributed by atoms with Crippen molar-refractivity contribution in [2.75, 3.05) is 18.5 Å². The normalized spacial score (nSPS) is 14.7. The van der Waals surface area contributed by atoms with Gasteiger partial charge in [0.2, 0.25) is 5.95 Å². The van der Waals surface area contributed by atoms with Crippen molar-refractivity contribution < 1.29 is 9.47 Å². The van der Waals surface area contributed by atoms with Crippen LogP contribution in [0.25, 0.3) is 11.3 Å². The Morgan fingerprint density at radius 2 is 1.56 bits per heavy atom. The predicted octanol–water partition coefficient (Wildman–Crippen LogP) is 4.49. The molecule has 1 aliphatic heterocycles. The van der Waals surface area contributed by atoms with E-state index in [0.717, 1.165) is 28.1 Å². The summed E-state index contributed by atoms with van der Waals surface area (Å²) in [6, 6.07) is 18.2. The van der Waals surface area contributed by atoms with Gasteiger partial charge in [-0.05, 0) is 35.4 Å². The van der Waals surface area contributed by atoms with Crippen molar-refractivity contribution in [3.8, 4) is 11.3 Å². The average Bonchev–Trinajstić information content (AvgIpc) is 2.70. The number of anilines is 2. The smallest absolute Gasteiger partial charge is 0.227 e. The highest BCUT2D eigenvalue weighted by Crippen LogP contribution is 2.21. The molecule has 1 N–H and O–H groups in total. The van der Waals surface area contributed by atoms with Crippen molar-refractivity contribution in [1.29, 1.82) is 0 Å². The SMILES string of the molecule is C1=CCOCc2cccc(c2)-c2ccnc(n2)Nc2cccc(c2)COC1. The van der Waals surface area contributed by atoms with Crippen LogP contribution in [0.4, 0.5) is 11.6 Å². The summed E-state index contributed by atoms with van der Waals surface area (Å²) in [5.74, 6) is 0.566. The van der Waals surface area contributed by atoms with Gasteiger partial charge in [-0.1, -0.05) is 42.5 Å². The van der Waals surface area contributed by atoms with E-state index in [4.69, 9.17) is 9.47 Å².